The third-order valence-electron chi connectivity index (χ3n) is 5.06. The number of hydrogen-bond donors (Lipinski definition) is 1. The third-order valence-corrected chi connectivity index (χ3v) is 5.06. The van der Waals surface area contributed by atoms with Crippen LogP contribution in [0.3, 0.4) is 0 Å². The lowest BCUT2D eigenvalue weighted by Crippen LogP contribution is -2.30. The summed E-state index contributed by atoms with van der Waals surface area (Å²) in [6.45, 7) is 0. The molecule has 1 aromatic heterocycles. The fourth-order valence-electron chi connectivity index (χ4n) is 3.43. The van der Waals surface area contributed by atoms with E-state index in [1.54, 1.807) is 16.8 Å². The van der Waals surface area contributed by atoms with E-state index in [1.807, 2.05) is 24.3 Å². The fraction of sp³-hybridized carbons (Fsp3) is 0.263. The highest BCUT2D eigenvalue weighted by Gasteiger charge is 2.32. The first-order valence-corrected chi connectivity index (χ1v) is 8.67. The Bertz CT molecular complexity index is 1010. The summed E-state index contributed by atoms with van der Waals surface area (Å²) < 4.78 is 15.9. The Kier molecular flexibility index (Phi) is 3.34. The van der Waals surface area contributed by atoms with Crippen LogP contribution in [-0.4, -0.2) is 26.1 Å². The van der Waals surface area contributed by atoms with Crippen molar-refractivity contribution in [3.63, 3.8) is 0 Å². The van der Waals surface area contributed by atoms with Gasteiger partial charge in [-0.3, -0.25) is 4.79 Å². The SMILES string of the molecule is O=C(Nc1cc(-n2nnnc2C2CC2)ccc1F)[C@H]1Cc2ccccc21. The minimum absolute atomic E-state index is 0.147. The predicted molar refractivity (Wildman–Crippen MR) is 92.6 cm³/mol. The summed E-state index contributed by atoms with van der Waals surface area (Å²) in [5.74, 6) is 0.236. The van der Waals surface area contributed by atoms with Crippen molar-refractivity contribution in [2.24, 2.45) is 0 Å². The van der Waals surface area contributed by atoms with E-state index < -0.39 is 5.82 Å². The molecule has 3 aromatic rings. The van der Waals surface area contributed by atoms with Crippen LogP contribution in [0.15, 0.2) is 42.5 Å². The number of hydrogen-bond acceptors (Lipinski definition) is 4. The summed E-state index contributed by atoms with van der Waals surface area (Å²) in [7, 11) is 0. The van der Waals surface area contributed by atoms with Crippen molar-refractivity contribution < 1.29 is 9.18 Å². The molecule has 2 aliphatic carbocycles. The molecule has 0 saturated heterocycles. The molecular weight excluding hydrogens is 333 g/mol. The van der Waals surface area contributed by atoms with E-state index in [-0.39, 0.29) is 17.5 Å². The second-order valence-electron chi connectivity index (χ2n) is 6.83. The lowest BCUT2D eigenvalue weighted by Gasteiger charge is -2.28. The minimum atomic E-state index is -0.476. The molecule has 130 valence electrons. The van der Waals surface area contributed by atoms with Gasteiger partial charge in [0.1, 0.15) is 5.82 Å². The number of halogens is 1. The van der Waals surface area contributed by atoms with Gasteiger partial charge in [0, 0.05) is 5.92 Å². The molecule has 0 aliphatic heterocycles. The first-order chi connectivity index (χ1) is 12.7. The third kappa shape index (κ3) is 2.47. The van der Waals surface area contributed by atoms with Gasteiger partial charge in [0.2, 0.25) is 5.91 Å². The predicted octanol–water partition coefficient (Wildman–Crippen LogP) is 2.96. The van der Waals surface area contributed by atoms with E-state index in [0.29, 0.717) is 18.0 Å². The van der Waals surface area contributed by atoms with Crippen LogP contribution in [0.25, 0.3) is 5.69 Å². The van der Waals surface area contributed by atoms with E-state index in [1.165, 1.54) is 11.6 Å². The Labute approximate surface area is 149 Å². The van der Waals surface area contributed by atoms with Crippen molar-refractivity contribution in [3.05, 3.63) is 65.2 Å². The van der Waals surface area contributed by atoms with Gasteiger partial charge in [0.05, 0.1) is 17.3 Å². The molecule has 1 fully saturated rings. The van der Waals surface area contributed by atoms with Crippen LogP contribution < -0.4 is 5.32 Å². The topological polar surface area (TPSA) is 72.7 Å². The maximum Gasteiger partial charge on any atom is 0.232 e. The average molecular weight is 349 g/mol. The van der Waals surface area contributed by atoms with Gasteiger partial charge in [-0.2, -0.15) is 4.68 Å². The van der Waals surface area contributed by atoms with Crippen molar-refractivity contribution in [3.8, 4) is 5.69 Å². The zero-order chi connectivity index (χ0) is 17.7. The first kappa shape index (κ1) is 15.2. The molecule has 7 heteroatoms. The highest BCUT2D eigenvalue weighted by molar-refractivity contribution is 5.98. The standard InChI is InChI=1S/C19H16FN5O/c20-16-8-7-13(25-18(11-5-6-11)22-23-24-25)10-17(16)21-19(26)15-9-12-3-1-2-4-14(12)15/h1-4,7-8,10-11,15H,5-6,9H2,(H,21,26)/t15-/m0/s1. The van der Waals surface area contributed by atoms with Crippen molar-refractivity contribution in [2.45, 2.75) is 31.1 Å². The van der Waals surface area contributed by atoms with Gasteiger partial charge >= 0.3 is 0 Å². The summed E-state index contributed by atoms with van der Waals surface area (Å²) in [6.07, 6.45) is 2.81. The molecule has 2 aromatic carbocycles. The van der Waals surface area contributed by atoms with E-state index in [2.05, 4.69) is 20.8 Å². The molecule has 6 nitrogen and oxygen atoms in total. The number of carbonyl (C=O) groups excluding carboxylic acids is 1. The lowest BCUT2D eigenvalue weighted by molar-refractivity contribution is -0.118. The Hall–Kier alpha value is -3.09. The zero-order valence-corrected chi connectivity index (χ0v) is 13.9. The second-order valence-corrected chi connectivity index (χ2v) is 6.83. The van der Waals surface area contributed by atoms with E-state index in [9.17, 15) is 9.18 Å². The summed E-state index contributed by atoms with van der Waals surface area (Å²) in [6, 6.07) is 12.4. The number of tetrazole rings is 1. The van der Waals surface area contributed by atoms with E-state index in [0.717, 1.165) is 24.2 Å². The van der Waals surface area contributed by atoms with Crippen molar-refractivity contribution in [1.29, 1.82) is 0 Å². The molecule has 26 heavy (non-hydrogen) atoms. The van der Waals surface area contributed by atoms with Crippen LogP contribution in [0, 0.1) is 5.82 Å². The normalized spacial score (nSPS) is 18.1. The highest BCUT2D eigenvalue weighted by Crippen LogP contribution is 2.39. The lowest BCUT2D eigenvalue weighted by atomic mass is 9.77. The molecule has 0 spiro atoms. The Morgan fingerprint density at radius 3 is 2.85 bits per heavy atom. The van der Waals surface area contributed by atoms with Crippen LogP contribution >= 0.6 is 0 Å². The van der Waals surface area contributed by atoms with Gasteiger partial charge in [-0.05, 0) is 59.0 Å². The van der Waals surface area contributed by atoms with Crippen molar-refractivity contribution >= 4 is 11.6 Å². The Morgan fingerprint density at radius 2 is 2.04 bits per heavy atom. The number of nitrogens with one attached hydrogen (secondary N) is 1. The molecule has 1 N–H and O–H groups in total. The van der Waals surface area contributed by atoms with Gasteiger partial charge in [-0.25, -0.2) is 4.39 Å². The average Bonchev–Trinajstić information content (AvgIpc) is 3.35. The molecule has 5 rings (SSSR count). The molecule has 0 bridgehead atoms. The van der Waals surface area contributed by atoms with Crippen LogP contribution in [0.1, 0.15) is 41.6 Å². The maximum absolute atomic E-state index is 14.2. The molecule has 2 aliphatic rings. The Balaban J connectivity index is 1.41. The smallest absolute Gasteiger partial charge is 0.232 e. The molecule has 1 atom stereocenters. The number of amides is 1. The van der Waals surface area contributed by atoms with Gasteiger partial charge in [-0.1, -0.05) is 24.3 Å². The number of nitrogens with zero attached hydrogens (tertiary/aromatic N) is 4. The molecule has 1 saturated carbocycles. The molecule has 0 radical (unpaired) electrons. The largest absolute Gasteiger partial charge is 0.323 e. The first-order valence-electron chi connectivity index (χ1n) is 8.67. The van der Waals surface area contributed by atoms with Gasteiger partial charge in [0.25, 0.3) is 0 Å². The number of aromatic nitrogens is 4. The molecule has 0 unspecified atom stereocenters. The van der Waals surface area contributed by atoms with Crippen LogP contribution in [0.4, 0.5) is 10.1 Å². The second kappa shape index (κ2) is 5.72. The quantitative estimate of drug-likeness (QED) is 0.786. The van der Waals surface area contributed by atoms with E-state index in [4.69, 9.17) is 0 Å². The zero-order valence-electron chi connectivity index (χ0n) is 13.9. The van der Waals surface area contributed by atoms with Crippen LogP contribution in [0.5, 0.6) is 0 Å². The number of benzene rings is 2. The summed E-state index contributed by atoms with van der Waals surface area (Å²) in [5, 5.41) is 14.5. The highest BCUT2D eigenvalue weighted by atomic mass is 19.1. The van der Waals surface area contributed by atoms with Gasteiger partial charge in [0.15, 0.2) is 5.82 Å². The summed E-state index contributed by atoms with van der Waals surface area (Å²) in [4.78, 5) is 12.6. The van der Waals surface area contributed by atoms with Gasteiger partial charge in [-0.15, -0.1) is 5.10 Å². The molecular formula is C19H16FN5O. The van der Waals surface area contributed by atoms with E-state index >= 15 is 0 Å². The molecule has 1 amide bonds. The molecule has 1 heterocycles. The van der Waals surface area contributed by atoms with Crippen LogP contribution in [0.2, 0.25) is 0 Å². The number of carbonyl (C=O) groups is 1. The minimum Gasteiger partial charge on any atom is -0.323 e. The number of rotatable bonds is 4. The number of anilines is 1. The van der Waals surface area contributed by atoms with Gasteiger partial charge < -0.3 is 5.32 Å². The van der Waals surface area contributed by atoms with Crippen LogP contribution in [-0.2, 0) is 11.2 Å². The maximum atomic E-state index is 14.2. The monoisotopic (exact) mass is 349 g/mol. The van der Waals surface area contributed by atoms with Crippen molar-refractivity contribution in [1.82, 2.24) is 20.2 Å². The van der Waals surface area contributed by atoms with Crippen molar-refractivity contribution in [2.75, 3.05) is 5.32 Å². The summed E-state index contributed by atoms with van der Waals surface area (Å²) in [5.41, 5.74) is 2.97. The fourth-order valence-corrected chi connectivity index (χ4v) is 3.43. The summed E-state index contributed by atoms with van der Waals surface area (Å²) >= 11 is 0. The number of fused-ring (bicyclic) bond motifs is 1. The Morgan fingerprint density at radius 1 is 1.19 bits per heavy atom.